The molecule has 0 aromatic heterocycles. The Hall–Kier alpha value is -2.64. The SMILES string of the molecule is CCCCCCCC[Si@@](C)(C1=C2C=CC=CC2c2ccccc21)C1C2C=CC=CC2=C2C=CC=CC21. The molecule has 0 saturated carbocycles. The van der Waals surface area contributed by atoms with Gasteiger partial charge in [-0.3, -0.25) is 0 Å². The molecule has 5 aliphatic rings. The van der Waals surface area contributed by atoms with Crippen LogP contribution in [0.25, 0.3) is 5.20 Å². The predicted octanol–water partition coefficient (Wildman–Crippen LogP) is 9.81. The molecule has 1 aromatic carbocycles. The standard InChI is InChI=1S/C35H40Si/c1-3-4-5-6-7-16-25-36(2,34-30-21-12-8-17-26(30)27-18-9-13-22-31(27)34)35-32-23-14-10-19-28(32)29-20-11-15-24-33(29)35/h8-15,17-24,26,32-33,35H,3-7,16,25H2,1-2H3/t26?,32?,33?,35?,36-/m0/s1. The van der Waals surface area contributed by atoms with Crippen LogP contribution in [0.2, 0.25) is 18.1 Å². The van der Waals surface area contributed by atoms with Crippen molar-refractivity contribution in [1.82, 2.24) is 0 Å². The van der Waals surface area contributed by atoms with Crippen LogP contribution < -0.4 is 0 Å². The third-order valence-corrected chi connectivity index (χ3v) is 14.8. The number of benzene rings is 1. The molecule has 0 spiro atoms. The van der Waals surface area contributed by atoms with Gasteiger partial charge in [0, 0.05) is 17.8 Å². The fourth-order valence-corrected chi connectivity index (χ4v) is 13.7. The van der Waals surface area contributed by atoms with Crippen LogP contribution in [-0.4, -0.2) is 8.07 Å². The highest BCUT2D eigenvalue weighted by atomic mass is 28.3. The summed E-state index contributed by atoms with van der Waals surface area (Å²) in [5, 5.41) is 1.77. The topological polar surface area (TPSA) is 0 Å². The minimum atomic E-state index is -1.95. The van der Waals surface area contributed by atoms with Gasteiger partial charge in [-0.05, 0) is 38.6 Å². The van der Waals surface area contributed by atoms with E-state index in [1.54, 1.807) is 27.5 Å². The molecule has 184 valence electrons. The lowest BCUT2D eigenvalue weighted by atomic mass is 9.93. The van der Waals surface area contributed by atoms with Gasteiger partial charge in [0.2, 0.25) is 0 Å². The Balaban J connectivity index is 1.45. The fraction of sp³-hybridized carbons (Fsp3) is 0.371. The highest BCUT2D eigenvalue weighted by Crippen LogP contribution is 2.61. The second kappa shape index (κ2) is 10.0. The van der Waals surface area contributed by atoms with Crippen molar-refractivity contribution in [3.8, 4) is 0 Å². The Morgan fingerprint density at radius 1 is 0.667 bits per heavy atom. The summed E-state index contributed by atoms with van der Waals surface area (Å²) in [7, 11) is -1.95. The second-order valence-electron chi connectivity index (χ2n) is 11.6. The van der Waals surface area contributed by atoms with Crippen molar-refractivity contribution < 1.29 is 0 Å². The van der Waals surface area contributed by atoms with Crippen LogP contribution >= 0.6 is 0 Å². The van der Waals surface area contributed by atoms with Crippen molar-refractivity contribution in [3.05, 3.63) is 125 Å². The normalized spacial score (nSPS) is 28.4. The number of rotatable bonds is 9. The Bertz CT molecular complexity index is 1220. The van der Waals surface area contributed by atoms with Gasteiger partial charge in [-0.15, -0.1) is 0 Å². The highest BCUT2D eigenvalue weighted by molar-refractivity contribution is 6.97. The van der Waals surface area contributed by atoms with E-state index in [4.69, 9.17) is 0 Å². The maximum atomic E-state index is 2.77. The van der Waals surface area contributed by atoms with E-state index in [1.807, 2.05) is 0 Å². The van der Waals surface area contributed by atoms with Gasteiger partial charge < -0.3 is 0 Å². The molecule has 0 N–H and O–H groups in total. The summed E-state index contributed by atoms with van der Waals surface area (Å²) in [5.74, 6) is 1.53. The molecule has 5 aliphatic carbocycles. The molecular weight excluding hydrogens is 448 g/mol. The maximum absolute atomic E-state index is 2.77. The first-order valence-corrected chi connectivity index (χ1v) is 17.1. The van der Waals surface area contributed by atoms with Crippen molar-refractivity contribution in [2.24, 2.45) is 11.8 Å². The quantitative estimate of drug-likeness (QED) is 0.240. The average molecular weight is 489 g/mol. The molecule has 0 heterocycles. The summed E-state index contributed by atoms with van der Waals surface area (Å²) in [6, 6.07) is 10.8. The average Bonchev–Trinajstić information content (AvgIpc) is 3.45. The van der Waals surface area contributed by atoms with Crippen molar-refractivity contribution in [3.63, 3.8) is 0 Å². The van der Waals surface area contributed by atoms with Crippen molar-refractivity contribution in [2.75, 3.05) is 0 Å². The van der Waals surface area contributed by atoms with Gasteiger partial charge in [-0.1, -0.05) is 155 Å². The van der Waals surface area contributed by atoms with Gasteiger partial charge in [-0.2, -0.15) is 0 Å². The first-order chi connectivity index (χ1) is 17.7. The Morgan fingerprint density at radius 2 is 1.28 bits per heavy atom. The number of unbranched alkanes of at least 4 members (excludes halogenated alkanes) is 5. The minimum absolute atomic E-state index is 0.439. The van der Waals surface area contributed by atoms with E-state index in [9.17, 15) is 0 Å². The Kier molecular flexibility index (Phi) is 6.60. The summed E-state index contributed by atoms with van der Waals surface area (Å²) in [6.45, 7) is 5.09. The summed E-state index contributed by atoms with van der Waals surface area (Å²) < 4.78 is 0. The molecule has 0 nitrogen and oxygen atoms in total. The van der Waals surface area contributed by atoms with Crippen molar-refractivity contribution in [1.29, 1.82) is 0 Å². The van der Waals surface area contributed by atoms with Crippen molar-refractivity contribution in [2.45, 2.75) is 69.5 Å². The molecule has 0 bridgehead atoms. The van der Waals surface area contributed by atoms with E-state index in [2.05, 4.69) is 111 Å². The Labute approximate surface area is 219 Å². The van der Waals surface area contributed by atoms with Crippen LogP contribution in [0, 0.1) is 11.8 Å². The third kappa shape index (κ3) is 3.87. The Morgan fingerprint density at radius 3 is 2.00 bits per heavy atom. The molecule has 0 radical (unpaired) electrons. The first-order valence-electron chi connectivity index (χ1n) is 14.4. The smallest absolute Gasteiger partial charge is 0.0770 e. The summed E-state index contributed by atoms with van der Waals surface area (Å²) in [5.41, 5.74) is 8.56. The van der Waals surface area contributed by atoms with Gasteiger partial charge in [0.25, 0.3) is 0 Å². The summed E-state index contributed by atoms with van der Waals surface area (Å²) >= 11 is 0. The molecule has 0 saturated heterocycles. The molecule has 4 atom stereocenters. The largest absolute Gasteiger partial charge is 0.0897 e. The molecular formula is C35H40Si. The third-order valence-electron chi connectivity index (χ3n) is 9.47. The van der Waals surface area contributed by atoms with E-state index in [0.717, 1.165) is 0 Å². The van der Waals surface area contributed by atoms with E-state index in [-0.39, 0.29) is 0 Å². The lowest BCUT2D eigenvalue weighted by molar-refractivity contribution is 0.604. The molecule has 6 rings (SSSR count). The minimum Gasteiger partial charge on any atom is -0.0770 e. The lowest BCUT2D eigenvalue weighted by Crippen LogP contribution is -2.43. The molecule has 0 fully saturated rings. The maximum Gasteiger partial charge on any atom is 0.0897 e. The first kappa shape index (κ1) is 23.7. The van der Waals surface area contributed by atoms with Crippen LogP contribution in [0.4, 0.5) is 0 Å². The molecule has 0 aliphatic heterocycles. The van der Waals surface area contributed by atoms with E-state index >= 15 is 0 Å². The van der Waals surface area contributed by atoms with Crippen LogP contribution in [0.3, 0.4) is 0 Å². The monoisotopic (exact) mass is 488 g/mol. The summed E-state index contributed by atoms with van der Waals surface area (Å²) in [4.78, 5) is 0. The van der Waals surface area contributed by atoms with Crippen molar-refractivity contribution >= 4 is 13.3 Å². The van der Waals surface area contributed by atoms with Gasteiger partial charge in [0.1, 0.15) is 0 Å². The molecule has 1 heteroatoms. The van der Waals surface area contributed by atoms with Crippen LogP contribution in [0.5, 0.6) is 0 Å². The highest BCUT2D eigenvalue weighted by Gasteiger charge is 2.54. The van der Waals surface area contributed by atoms with Crippen LogP contribution in [-0.2, 0) is 0 Å². The molecule has 36 heavy (non-hydrogen) atoms. The van der Waals surface area contributed by atoms with Gasteiger partial charge in [-0.25, -0.2) is 0 Å². The molecule has 0 amide bonds. The van der Waals surface area contributed by atoms with Gasteiger partial charge in [0.15, 0.2) is 0 Å². The predicted molar refractivity (Wildman–Crippen MR) is 158 cm³/mol. The van der Waals surface area contributed by atoms with Gasteiger partial charge >= 0.3 is 0 Å². The van der Waals surface area contributed by atoms with E-state index in [0.29, 0.717) is 23.3 Å². The molecule has 3 unspecified atom stereocenters. The zero-order chi connectivity index (χ0) is 24.5. The van der Waals surface area contributed by atoms with Crippen LogP contribution in [0.1, 0.15) is 62.5 Å². The summed E-state index contributed by atoms with van der Waals surface area (Å²) in [6.07, 6.45) is 36.8. The van der Waals surface area contributed by atoms with E-state index in [1.165, 1.54) is 50.1 Å². The number of fused-ring (bicyclic) bond motifs is 5. The van der Waals surface area contributed by atoms with Crippen LogP contribution in [0.15, 0.2) is 114 Å². The number of hydrogen-bond acceptors (Lipinski definition) is 0. The zero-order valence-corrected chi connectivity index (χ0v) is 23.0. The number of hydrogen-bond donors (Lipinski definition) is 0. The number of allylic oxidation sites excluding steroid dienone is 15. The lowest BCUT2D eigenvalue weighted by Gasteiger charge is -2.43. The fourth-order valence-electron chi connectivity index (χ4n) is 7.91. The zero-order valence-electron chi connectivity index (χ0n) is 22.0. The molecule has 1 aromatic rings. The van der Waals surface area contributed by atoms with E-state index < -0.39 is 8.07 Å². The second-order valence-corrected chi connectivity index (χ2v) is 16.1. The van der Waals surface area contributed by atoms with Gasteiger partial charge in [0.05, 0.1) is 8.07 Å².